The number of hydrogen-bond acceptors (Lipinski definition) is 5. The van der Waals surface area contributed by atoms with Crippen molar-refractivity contribution in [2.24, 2.45) is 10.9 Å². The lowest BCUT2D eigenvalue weighted by molar-refractivity contribution is -0.143. The average Bonchev–Trinajstić information content (AvgIpc) is 2.53. The number of nitriles is 1. The van der Waals surface area contributed by atoms with Crippen LogP contribution in [0.4, 0.5) is 0 Å². The average molecular weight is 300 g/mol. The Morgan fingerprint density at radius 3 is 2.57 bits per heavy atom. The normalized spacial score (nSPS) is 21.5. The van der Waals surface area contributed by atoms with E-state index in [4.69, 9.17) is 4.74 Å². The predicted molar refractivity (Wildman–Crippen MR) is 84.0 cm³/mol. The smallest absolute Gasteiger partial charge is 0.315 e. The molecule has 0 amide bonds. The molecule has 0 radical (unpaired) electrons. The van der Waals surface area contributed by atoms with Crippen molar-refractivity contribution in [1.82, 2.24) is 0 Å². The van der Waals surface area contributed by atoms with E-state index in [0.717, 1.165) is 5.56 Å². The van der Waals surface area contributed by atoms with Crippen LogP contribution in [0.2, 0.25) is 0 Å². The summed E-state index contributed by atoms with van der Waals surface area (Å²) in [6, 6.07) is 11.8. The third-order valence-corrected chi connectivity index (χ3v) is 4.23. The molecule has 0 fully saturated rings. The molecule has 1 aromatic rings. The molecule has 0 aliphatic carbocycles. The Balaban J connectivity index is 2.63. The van der Waals surface area contributed by atoms with Crippen molar-refractivity contribution in [3.63, 3.8) is 0 Å². The molecular formula is C16H16N2O2S. The summed E-state index contributed by atoms with van der Waals surface area (Å²) < 4.78 is 4.91. The molecule has 1 aliphatic heterocycles. The molecule has 2 rings (SSSR count). The van der Waals surface area contributed by atoms with Crippen molar-refractivity contribution in [2.45, 2.75) is 12.8 Å². The molecule has 1 aliphatic rings. The molecule has 108 valence electrons. The van der Waals surface area contributed by atoms with E-state index in [-0.39, 0.29) is 11.9 Å². The van der Waals surface area contributed by atoms with Crippen molar-refractivity contribution < 1.29 is 9.53 Å². The molecule has 0 saturated carbocycles. The second kappa shape index (κ2) is 6.59. The Morgan fingerprint density at radius 1 is 1.38 bits per heavy atom. The molecule has 0 N–H and O–H groups in total. The predicted octanol–water partition coefficient (Wildman–Crippen LogP) is 3.13. The van der Waals surface area contributed by atoms with Crippen LogP contribution in [0.15, 0.2) is 45.9 Å². The van der Waals surface area contributed by atoms with Crippen LogP contribution in [-0.2, 0) is 9.53 Å². The lowest BCUT2D eigenvalue weighted by Crippen LogP contribution is -2.33. The monoisotopic (exact) mass is 300 g/mol. The summed E-state index contributed by atoms with van der Waals surface area (Å²) in [5.74, 6) is -1.26. The number of aliphatic imine (C=N–C) groups is 1. The molecule has 0 spiro atoms. The quantitative estimate of drug-likeness (QED) is 0.805. The van der Waals surface area contributed by atoms with Crippen LogP contribution in [-0.4, -0.2) is 25.0 Å². The summed E-state index contributed by atoms with van der Waals surface area (Å²) in [4.78, 5) is 16.6. The molecule has 0 bridgehead atoms. The summed E-state index contributed by atoms with van der Waals surface area (Å²) in [5, 5.41) is 10.2. The first-order chi connectivity index (χ1) is 10.1. The zero-order chi connectivity index (χ0) is 15.4. The Labute approximate surface area is 128 Å². The van der Waals surface area contributed by atoms with Gasteiger partial charge in [-0.05, 0) is 18.7 Å². The van der Waals surface area contributed by atoms with E-state index in [0.29, 0.717) is 16.3 Å². The number of benzene rings is 1. The number of allylic oxidation sites excluding steroid dienone is 1. The third-order valence-electron chi connectivity index (χ3n) is 3.53. The van der Waals surface area contributed by atoms with Crippen LogP contribution in [0.3, 0.4) is 0 Å². The fraction of sp³-hybridized carbons (Fsp3) is 0.312. The molecule has 5 heteroatoms. The Morgan fingerprint density at radius 2 is 2.05 bits per heavy atom. The number of methoxy groups -OCH3 is 1. The van der Waals surface area contributed by atoms with Crippen molar-refractivity contribution in [1.29, 1.82) is 5.26 Å². The van der Waals surface area contributed by atoms with E-state index in [1.165, 1.54) is 18.9 Å². The maximum Gasteiger partial charge on any atom is 0.315 e. The SMILES string of the molecule is COC(=O)C1C(C)=NC(SC)=C(C#N)[C@@H]1c1ccccc1. The number of hydrogen-bond donors (Lipinski definition) is 0. The largest absolute Gasteiger partial charge is 0.468 e. The van der Waals surface area contributed by atoms with Gasteiger partial charge in [-0.25, -0.2) is 4.99 Å². The fourth-order valence-electron chi connectivity index (χ4n) is 2.56. The van der Waals surface area contributed by atoms with Gasteiger partial charge in [0, 0.05) is 11.6 Å². The number of nitrogens with zero attached hydrogens (tertiary/aromatic N) is 2. The first kappa shape index (κ1) is 15.3. The van der Waals surface area contributed by atoms with Gasteiger partial charge in [-0.15, -0.1) is 11.8 Å². The molecule has 21 heavy (non-hydrogen) atoms. The highest BCUT2D eigenvalue weighted by Crippen LogP contribution is 2.41. The second-order valence-electron chi connectivity index (χ2n) is 4.68. The van der Waals surface area contributed by atoms with Gasteiger partial charge in [-0.1, -0.05) is 30.3 Å². The maximum atomic E-state index is 12.2. The number of ether oxygens (including phenoxy) is 1. The Kier molecular flexibility index (Phi) is 4.81. The first-order valence-corrected chi connectivity index (χ1v) is 7.72. The highest BCUT2D eigenvalue weighted by Gasteiger charge is 2.39. The van der Waals surface area contributed by atoms with Gasteiger partial charge >= 0.3 is 5.97 Å². The van der Waals surface area contributed by atoms with E-state index in [1.807, 2.05) is 43.5 Å². The van der Waals surface area contributed by atoms with Gasteiger partial charge < -0.3 is 4.74 Å². The summed E-state index contributed by atoms with van der Waals surface area (Å²) in [6.45, 7) is 1.81. The Bertz CT molecular complexity index is 644. The third kappa shape index (κ3) is 2.86. The van der Waals surface area contributed by atoms with E-state index >= 15 is 0 Å². The van der Waals surface area contributed by atoms with E-state index < -0.39 is 5.92 Å². The van der Waals surface area contributed by atoms with Gasteiger partial charge in [0.2, 0.25) is 0 Å². The molecule has 2 atom stereocenters. The van der Waals surface area contributed by atoms with E-state index in [2.05, 4.69) is 11.1 Å². The number of carbonyl (C=O) groups is 1. The van der Waals surface area contributed by atoms with Crippen molar-refractivity contribution in [3.05, 3.63) is 46.5 Å². The topological polar surface area (TPSA) is 62.4 Å². The lowest BCUT2D eigenvalue weighted by Gasteiger charge is -2.29. The van der Waals surface area contributed by atoms with E-state index in [1.54, 1.807) is 0 Å². The minimum absolute atomic E-state index is 0.344. The maximum absolute atomic E-state index is 12.2. The molecule has 1 heterocycles. The van der Waals surface area contributed by atoms with Crippen molar-refractivity contribution >= 4 is 23.4 Å². The standard InChI is InChI=1S/C16H16N2O2S/c1-10-13(16(19)20-2)14(11-7-5-4-6-8-11)12(9-17)15(18-10)21-3/h4-8,13-14H,1-3H3/t13?,14-/m0/s1. The molecule has 0 aromatic heterocycles. The van der Waals surface area contributed by atoms with Crippen LogP contribution < -0.4 is 0 Å². The summed E-state index contributed by atoms with van der Waals surface area (Å²) in [7, 11) is 1.36. The van der Waals surface area contributed by atoms with Gasteiger partial charge in [0.15, 0.2) is 0 Å². The summed E-state index contributed by atoms with van der Waals surface area (Å²) in [5.41, 5.74) is 2.12. The number of carbonyl (C=O) groups excluding carboxylic acids is 1. The van der Waals surface area contributed by atoms with Gasteiger partial charge in [-0.2, -0.15) is 5.26 Å². The first-order valence-electron chi connectivity index (χ1n) is 6.50. The molecule has 4 nitrogen and oxygen atoms in total. The number of esters is 1. The summed E-state index contributed by atoms with van der Waals surface area (Å²) >= 11 is 1.42. The minimum atomic E-state index is -0.553. The van der Waals surface area contributed by atoms with Gasteiger partial charge in [0.05, 0.1) is 18.8 Å². The Hall–Kier alpha value is -2.06. The van der Waals surface area contributed by atoms with Crippen molar-refractivity contribution in [3.8, 4) is 6.07 Å². The lowest BCUT2D eigenvalue weighted by atomic mass is 9.77. The van der Waals surface area contributed by atoms with Crippen LogP contribution in [0, 0.1) is 17.2 Å². The minimum Gasteiger partial charge on any atom is -0.468 e. The number of rotatable bonds is 3. The second-order valence-corrected chi connectivity index (χ2v) is 5.47. The molecule has 0 saturated heterocycles. The zero-order valence-corrected chi connectivity index (χ0v) is 13.0. The molecular weight excluding hydrogens is 284 g/mol. The van der Waals surface area contributed by atoms with Crippen molar-refractivity contribution in [2.75, 3.05) is 13.4 Å². The van der Waals surface area contributed by atoms with Gasteiger partial charge in [0.25, 0.3) is 0 Å². The highest BCUT2D eigenvalue weighted by atomic mass is 32.2. The number of thioether (sulfide) groups is 1. The van der Waals surface area contributed by atoms with Gasteiger partial charge in [-0.3, -0.25) is 4.79 Å². The fourth-order valence-corrected chi connectivity index (χ4v) is 3.18. The molecule has 1 aromatic carbocycles. The molecule has 1 unspecified atom stereocenters. The van der Waals surface area contributed by atoms with Crippen LogP contribution >= 0.6 is 11.8 Å². The summed E-state index contributed by atoms with van der Waals surface area (Å²) in [6.07, 6.45) is 1.88. The van der Waals surface area contributed by atoms with Crippen LogP contribution in [0.25, 0.3) is 0 Å². The van der Waals surface area contributed by atoms with Crippen LogP contribution in [0.5, 0.6) is 0 Å². The van der Waals surface area contributed by atoms with Gasteiger partial charge in [0.1, 0.15) is 10.9 Å². The van der Waals surface area contributed by atoms with E-state index in [9.17, 15) is 10.1 Å². The zero-order valence-electron chi connectivity index (χ0n) is 12.2. The van der Waals surface area contributed by atoms with Crippen LogP contribution in [0.1, 0.15) is 18.4 Å². The highest BCUT2D eigenvalue weighted by molar-refractivity contribution is 8.02.